The van der Waals surface area contributed by atoms with Crippen molar-refractivity contribution in [2.24, 2.45) is 5.73 Å². The van der Waals surface area contributed by atoms with Gasteiger partial charge in [-0.2, -0.15) is 26.3 Å². The van der Waals surface area contributed by atoms with E-state index in [-0.39, 0.29) is 54.2 Å². The number of anilines is 2. The first kappa shape index (κ1) is 42.9. The number of nitrogens with zero attached hydrogens (tertiary/aromatic N) is 2. The van der Waals surface area contributed by atoms with Crippen LogP contribution in [0.3, 0.4) is 0 Å². The lowest BCUT2D eigenvalue weighted by atomic mass is 10.1. The summed E-state index contributed by atoms with van der Waals surface area (Å²) in [6.07, 6.45) is -3.68. The van der Waals surface area contributed by atoms with Gasteiger partial charge in [-0.3, -0.25) is 24.4 Å². The largest absolute Gasteiger partial charge is 0.490 e. The minimum absolute atomic E-state index is 0.0522. The minimum atomic E-state index is -5.08. The monoisotopic (exact) mass is 707 g/mol. The Morgan fingerprint density at radius 1 is 1.04 bits per heavy atom. The van der Waals surface area contributed by atoms with E-state index in [1.807, 2.05) is 13.8 Å². The van der Waals surface area contributed by atoms with Gasteiger partial charge in [0, 0.05) is 29.4 Å². The van der Waals surface area contributed by atoms with Crippen LogP contribution in [0.15, 0.2) is 53.5 Å². The molecule has 0 bridgehead atoms. The van der Waals surface area contributed by atoms with E-state index in [0.29, 0.717) is 11.1 Å². The Kier molecular flexibility index (Phi) is 17.6. The summed E-state index contributed by atoms with van der Waals surface area (Å²) in [5, 5.41) is 36.6. The molecule has 0 spiro atoms. The SMILES string of the molecule is CC(C)Nc1ncc(-c2cc(N)cc(C(=O)O)c2)n(CC(=O)NCc2ccc(C(=N)N)cc2)c1=O.FC(F)F.O=C(O)C(F)(F)F.O=CO. The number of nitrogens with two attached hydrogens (primary N) is 2. The number of carboxylic acid groups (broad SMARTS) is 3. The van der Waals surface area contributed by atoms with Gasteiger partial charge < -0.3 is 37.4 Å². The van der Waals surface area contributed by atoms with Crippen molar-refractivity contribution in [2.45, 2.75) is 45.8 Å². The van der Waals surface area contributed by atoms with Crippen molar-refractivity contribution in [1.29, 1.82) is 5.41 Å². The maximum Gasteiger partial charge on any atom is 0.490 e. The number of hydrogen-bond acceptors (Lipinski definition) is 9. The Balaban J connectivity index is 0.00000139. The van der Waals surface area contributed by atoms with Gasteiger partial charge in [-0.15, -0.1) is 0 Å². The van der Waals surface area contributed by atoms with E-state index >= 15 is 0 Å². The van der Waals surface area contributed by atoms with E-state index in [0.717, 1.165) is 5.56 Å². The van der Waals surface area contributed by atoms with Gasteiger partial charge in [0.1, 0.15) is 12.4 Å². The molecule has 1 heterocycles. The Morgan fingerprint density at radius 2 is 1.55 bits per heavy atom. The smallest absolute Gasteiger partial charge is 0.483 e. The van der Waals surface area contributed by atoms with E-state index in [1.54, 1.807) is 24.3 Å². The zero-order chi connectivity index (χ0) is 38.1. The van der Waals surface area contributed by atoms with Crippen LogP contribution in [0, 0.1) is 5.41 Å². The molecule has 0 fully saturated rings. The molecule has 0 radical (unpaired) electrons. The van der Waals surface area contributed by atoms with E-state index in [2.05, 4.69) is 15.6 Å². The molecular formula is C28H31F6N7O8. The third-order valence-electron chi connectivity index (χ3n) is 5.28. The van der Waals surface area contributed by atoms with Crippen molar-refractivity contribution >= 4 is 41.7 Å². The highest BCUT2D eigenvalue weighted by atomic mass is 19.4. The van der Waals surface area contributed by atoms with Crippen molar-refractivity contribution in [3.05, 3.63) is 75.7 Å². The van der Waals surface area contributed by atoms with Crippen molar-refractivity contribution in [1.82, 2.24) is 14.9 Å². The van der Waals surface area contributed by atoms with Crippen molar-refractivity contribution in [3.63, 3.8) is 0 Å². The number of hydrogen-bond donors (Lipinski definition) is 8. The first-order chi connectivity index (χ1) is 22.6. The highest BCUT2D eigenvalue weighted by molar-refractivity contribution is 5.95. The van der Waals surface area contributed by atoms with Crippen LogP contribution in [0.2, 0.25) is 0 Å². The number of alkyl halides is 6. The van der Waals surface area contributed by atoms with Gasteiger partial charge in [0.05, 0.1) is 17.5 Å². The van der Waals surface area contributed by atoms with Crippen molar-refractivity contribution < 1.29 is 60.8 Å². The second-order valence-corrected chi connectivity index (χ2v) is 9.37. The molecule has 3 aromatic rings. The number of nitrogen functional groups attached to an aromatic ring is 2. The van der Waals surface area contributed by atoms with Gasteiger partial charge in [-0.1, -0.05) is 24.3 Å². The zero-order valence-electron chi connectivity index (χ0n) is 25.5. The molecule has 3 rings (SSSR count). The van der Waals surface area contributed by atoms with Gasteiger partial charge in [0.15, 0.2) is 5.82 Å². The number of carboxylic acids is 2. The van der Waals surface area contributed by atoms with E-state index < -0.39 is 36.3 Å². The van der Waals surface area contributed by atoms with Gasteiger partial charge in [-0.25, -0.2) is 14.6 Å². The number of aromatic nitrogens is 2. The molecule has 0 aliphatic heterocycles. The van der Waals surface area contributed by atoms with Crippen LogP contribution in [-0.4, -0.2) is 73.9 Å². The van der Waals surface area contributed by atoms with Crippen LogP contribution in [-0.2, 0) is 27.5 Å². The minimum Gasteiger partial charge on any atom is -0.483 e. The molecule has 21 heteroatoms. The molecule has 0 atom stereocenters. The third kappa shape index (κ3) is 16.3. The number of carbonyl (C=O) groups is 4. The molecule has 15 nitrogen and oxygen atoms in total. The first-order valence-corrected chi connectivity index (χ1v) is 13.1. The fourth-order valence-corrected chi connectivity index (χ4v) is 3.37. The number of aromatic carboxylic acids is 1. The first-order valence-electron chi connectivity index (χ1n) is 13.1. The molecular weight excluding hydrogens is 676 g/mol. The number of amides is 1. The molecule has 0 saturated heterocycles. The average Bonchev–Trinajstić information content (AvgIpc) is 2.98. The van der Waals surface area contributed by atoms with E-state index in [1.165, 1.54) is 29.0 Å². The van der Waals surface area contributed by atoms with Crippen LogP contribution >= 0.6 is 0 Å². The number of carbonyl (C=O) groups excluding carboxylic acids is 1. The summed E-state index contributed by atoms with van der Waals surface area (Å²) in [5.41, 5.74) is 12.9. The third-order valence-corrected chi connectivity index (χ3v) is 5.28. The summed E-state index contributed by atoms with van der Waals surface area (Å²) in [4.78, 5) is 58.9. The maximum atomic E-state index is 13.2. The van der Waals surface area contributed by atoms with Gasteiger partial charge in [-0.05, 0) is 37.6 Å². The Morgan fingerprint density at radius 3 is 1.98 bits per heavy atom. The second-order valence-electron chi connectivity index (χ2n) is 9.37. The predicted octanol–water partition coefficient (Wildman–Crippen LogP) is 3.12. The highest BCUT2D eigenvalue weighted by Gasteiger charge is 2.38. The number of aliphatic carboxylic acids is 1. The molecule has 0 aliphatic carbocycles. The lowest BCUT2D eigenvalue weighted by molar-refractivity contribution is -0.192. The number of nitrogens with one attached hydrogen (secondary N) is 3. The van der Waals surface area contributed by atoms with E-state index in [4.69, 9.17) is 36.7 Å². The van der Waals surface area contributed by atoms with Crippen LogP contribution in [0.25, 0.3) is 11.3 Å². The molecule has 0 aliphatic rings. The number of amidine groups is 1. The summed E-state index contributed by atoms with van der Waals surface area (Å²) >= 11 is 0. The Bertz CT molecular complexity index is 1650. The van der Waals surface area contributed by atoms with Gasteiger partial charge in [0.2, 0.25) is 5.91 Å². The molecule has 49 heavy (non-hydrogen) atoms. The zero-order valence-corrected chi connectivity index (χ0v) is 25.5. The van der Waals surface area contributed by atoms with Crippen LogP contribution in [0.1, 0.15) is 35.3 Å². The summed E-state index contributed by atoms with van der Waals surface area (Å²) in [7, 11) is 0. The molecule has 268 valence electrons. The Labute approximate surface area is 272 Å². The van der Waals surface area contributed by atoms with E-state index in [9.17, 15) is 45.8 Å². The molecule has 1 aromatic heterocycles. The van der Waals surface area contributed by atoms with Crippen molar-refractivity contribution in [3.8, 4) is 11.3 Å². The fourth-order valence-electron chi connectivity index (χ4n) is 3.37. The second kappa shape index (κ2) is 20.2. The molecule has 1 amide bonds. The standard InChI is InChI=1S/C24H27N7O4.C2HF3O2.CHF3.CH2O2/c1-13(2)30-22-23(33)31(12-20(32)28-10-14-3-5-15(6-4-14)21(26)27)19(11-29-22)16-7-17(24(34)35)9-18(25)8-16;3-2(4,5)1(6)7;2-1(3)4;2-1-3/h3-9,11,13H,10,12,25H2,1-2H3,(H3,26,27)(H,28,32)(H,29,30)(H,34,35);(H,6,7);1H;1H,(H,2,3). The highest BCUT2D eigenvalue weighted by Crippen LogP contribution is 2.23. The summed E-state index contributed by atoms with van der Waals surface area (Å²) in [5.74, 6) is -4.35. The maximum absolute atomic E-state index is 13.2. The summed E-state index contributed by atoms with van der Waals surface area (Å²) < 4.78 is 62.0. The van der Waals surface area contributed by atoms with Crippen LogP contribution in [0.5, 0.6) is 0 Å². The summed E-state index contributed by atoms with van der Waals surface area (Å²) in [6, 6.07) is 11.0. The van der Waals surface area contributed by atoms with Gasteiger partial charge >= 0.3 is 24.8 Å². The summed E-state index contributed by atoms with van der Waals surface area (Å²) in [6.45, 7) is -0.349. The average molecular weight is 708 g/mol. The number of halogens is 6. The Hall–Kier alpha value is -6.15. The topological polar surface area (TPSA) is 264 Å². The number of rotatable bonds is 9. The number of benzene rings is 2. The predicted molar refractivity (Wildman–Crippen MR) is 163 cm³/mol. The molecule has 2 aromatic carbocycles. The van der Waals surface area contributed by atoms with Crippen molar-refractivity contribution in [2.75, 3.05) is 11.1 Å². The normalized spacial score (nSPS) is 10.2. The molecule has 0 unspecified atom stereocenters. The molecule has 0 saturated carbocycles. The quantitative estimate of drug-likeness (QED) is 0.0524. The molecule has 10 N–H and O–H groups in total. The van der Waals surface area contributed by atoms with Crippen LogP contribution in [0.4, 0.5) is 37.8 Å². The van der Waals surface area contributed by atoms with Crippen LogP contribution < -0.4 is 27.7 Å². The lowest BCUT2D eigenvalue weighted by Crippen LogP contribution is -2.35. The lowest BCUT2D eigenvalue weighted by Gasteiger charge is -2.16. The van der Waals surface area contributed by atoms with Gasteiger partial charge in [0.25, 0.3) is 12.0 Å². The fraction of sp³-hybridized carbons (Fsp3) is 0.250.